The molecule has 3 N–H and O–H groups in total. The molecule has 1 heterocycles. The van der Waals surface area contributed by atoms with Gasteiger partial charge in [-0.1, -0.05) is 13.0 Å². The van der Waals surface area contributed by atoms with E-state index in [0.717, 1.165) is 31.9 Å². The normalized spacial score (nSPS) is 20.3. The van der Waals surface area contributed by atoms with E-state index in [2.05, 4.69) is 24.1 Å². The molecule has 0 aliphatic carbocycles. The largest absolute Gasteiger partial charge is 0.399 e. The predicted molar refractivity (Wildman–Crippen MR) is 78.2 cm³/mol. The van der Waals surface area contributed by atoms with E-state index in [1.807, 2.05) is 17.0 Å². The first-order chi connectivity index (χ1) is 9.10. The molecule has 1 aliphatic rings. The molecule has 0 aromatic heterocycles. The highest BCUT2D eigenvalue weighted by Crippen LogP contribution is 2.14. The van der Waals surface area contributed by atoms with E-state index in [9.17, 15) is 4.79 Å². The Hall–Kier alpha value is -1.75. The maximum atomic E-state index is 12.2. The maximum Gasteiger partial charge on any atom is 0.321 e. The lowest BCUT2D eigenvalue weighted by atomic mass is 10.2. The number of anilines is 2. The number of hydrogen-bond donors (Lipinski definition) is 2. The van der Waals surface area contributed by atoms with Crippen molar-refractivity contribution in [2.75, 3.05) is 37.2 Å². The van der Waals surface area contributed by atoms with Gasteiger partial charge in [-0.25, -0.2) is 4.79 Å². The number of likely N-dealkylation sites (N-methyl/N-ethyl adjacent to an activating group) is 1. The van der Waals surface area contributed by atoms with Gasteiger partial charge in [0.1, 0.15) is 0 Å². The number of nitrogens with two attached hydrogens (primary N) is 1. The Bertz CT molecular complexity index is 449. The van der Waals surface area contributed by atoms with Gasteiger partial charge in [0.15, 0.2) is 0 Å². The van der Waals surface area contributed by atoms with Crippen LogP contribution in [0.5, 0.6) is 0 Å². The summed E-state index contributed by atoms with van der Waals surface area (Å²) >= 11 is 0. The fourth-order valence-electron chi connectivity index (χ4n) is 2.47. The first-order valence-corrected chi connectivity index (χ1v) is 6.75. The molecule has 1 saturated heterocycles. The van der Waals surface area contributed by atoms with Gasteiger partial charge in [0.25, 0.3) is 0 Å². The summed E-state index contributed by atoms with van der Waals surface area (Å²) in [7, 11) is 0. The van der Waals surface area contributed by atoms with Crippen molar-refractivity contribution < 1.29 is 4.79 Å². The van der Waals surface area contributed by atoms with Crippen LogP contribution in [-0.2, 0) is 0 Å². The third kappa shape index (κ3) is 3.38. The van der Waals surface area contributed by atoms with E-state index >= 15 is 0 Å². The molecule has 0 spiro atoms. The average molecular weight is 262 g/mol. The first-order valence-electron chi connectivity index (χ1n) is 6.75. The van der Waals surface area contributed by atoms with E-state index in [-0.39, 0.29) is 6.03 Å². The number of nitrogens with one attached hydrogen (secondary N) is 1. The van der Waals surface area contributed by atoms with Crippen molar-refractivity contribution in [1.29, 1.82) is 0 Å². The molecule has 1 aromatic carbocycles. The van der Waals surface area contributed by atoms with Crippen molar-refractivity contribution in [3.8, 4) is 0 Å². The van der Waals surface area contributed by atoms with Crippen molar-refractivity contribution in [3.63, 3.8) is 0 Å². The molecule has 19 heavy (non-hydrogen) atoms. The molecule has 0 bridgehead atoms. The van der Waals surface area contributed by atoms with Crippen molar-refractivity contribution in [2.45, 2.75) is 19.9 Å². The van der Waals surface area contributed by atoms with Gasteiger partial charge in [0, 0.05) is 37.1 Å². The van der Waals surface area contributed by atoms with Crippen LogP contribution in [0.2, 0.25) is 0 Å². The molecular weight excluding hydrogens is 240 g/mol. The summed E-state index contributed by atoms with van der Waals surface area (Å²) in [6.07, 6.45) is 0. The summed E-state index contributed by atoms with van der Waals surface area (Å²) in [5.41, 5.74) is 7.10. The van der Waals surface area contributed by atoms with E-state index in [1.54, 1.807) is 12.1 Å². The Morgan fingerprint density at radius 1 is 1.47 bits per heavy atom. The van der Waals surface area contributed by atoms with Crippen LogP contribution in [0.3, 0.4) is 0 Å². The Labute approximate surface area is 114 Å². The number of nitrogen functional groups attached to an aromatic ring is 1. The van der Waals surface area contributed by atoms with Crippen molar-refractivity contribution in [3.05, 3.63) is 24.3 Å². The average Bonchev–Trinajstić information content (AvgIpc) is 2.38. The number of carbonyl (C=O) groups excluding carboxylic acids is 1. The Balaban J connectivity index is 1.94. The molecule has 2 rings (SSSR count). The molecule has 1 aromatic rings. The zero-order valence-corrected chi connectivity index (χ0v) is 11.6. The van der Waals surface area contributed by atoms with Gasteiger partial charge in [-0.15, -0.1) is 0 Å². The molecule has 2 amide bonds. The van der Waals surface area contributed by atoms with Crippen LogP contribution >= 0.6 is 0 Å². The SMILES string of the molecule is CCN1CCN(C(=O)Nc2cccc(N)c2)CC1C. The lowest BCUT2D eigenvalue weighted by Gasteiger charge is -2.39. The minimum atomic E-state index is -0.0480. The second kappa shape index (κ2) is 5.93. The maximum absolute atomic E-state index is 12.2. The van der Waals surface area contributed by atoms with E-state index in [1.165, 1.54) is 0 Å². The second-order valence-corrected chi connectivity index (χ2v) is 4.98. The highest BCUT2D eigenvalue weighted by atomic mass is 16.2. The molecule has 0 radical (unpaired) electrons. The Morgan fingerprint density at radius 2 is 2.26 bits per heavy atom. The topological polar surface area (TPSA) is 61.6 Å². The van der Waals surface area contributed by atoms with Gasteiger partial charge in [-0.3, -0.25) is 4.90 Å². The molecule has 5 nitrogen and oxygen atoms in total. The smallest absolute Gasteiger partial charge is 0.321 e. The lowest BCUT2D eigenvalue weighted by molar-refractivity contribution is 0.108. The van der Waals surface area contributed by atoms with Crippen LogP contribution in [0, 0.1) is 0 Å². The Morgan fingerprint density at radius 3 is 2.89 bits per heavy atom. The molecule has 0 saturated carbocycles. The second-order valence-electron chi connectivity index (χ2n) is 4.98. The summed E-state index contributed by atoms with van der Waals surface area (Å²) in [5, 5.41) is 2.89. The molecule has 1 unspecified atom stereocenters. The number of nitrogens with zero attached hydrogens (tertiary/aromatic N) is 2. The van der Waals surface area contributed by atoms with Crippen LogP contribution in [0.15, 0.2) is 24.3 Å². The Kier molecular flexibility index (Phi) is 4.27. The molecule has 1 fully saturated rings. The van der Waals surface area contributed by atoms with Crippen LogP contribution in [-0.4, -0.2) is 48.1 Å². The number of hydrogen-bond acceptors (Lipinski definition) is 3. The number of amides is 2. The molecule has 104 valence electrons. The van der Waals surface area contributed by atoms with E-state index in [0.29, 0.717) is 11.7 Å². The summed E-state index contributed by atoms with van der Waals surface area (Å²) < 4.78 is 0. The van der Waals surface area contributed by atoms with Crippen molar-refractivity contribution in [2.24, 2.45) is 0 Å². The zero-order chi connectivity index (χ0) is 13.8. The number of rotatable bonds is 2. The van der Waals surface area contributed by atoms with Crippen LogP contribution < -0.4 is 11.1 Å². The van der Waals surface area contributed by atoms with Gasteiger partial charge in [-0.2, -0.15) is 0 Å². The predicted octanol–water partition coefficient (Wildman–Crippen LogP) is 1.83. The summed E-state index contributed by atoms with van der Waals surface area (Å²) in [4.78, 5) is 16.4. The number of benzene rings is 1. The quantitative estimate of drug-likeness (QED) is 0.799. The summed E-state index contributed by atoms with van der Waals surface area (Å²) in [6, 6.07) is 7.61. The van der Waals surface area contributed by atoms with Crippen LogP contribution in [0.4, 0.5) is 16.2 Å². The van der Waals surface area contributed by atoms with E-state index < -0.39 is 0 Å². The molecule has 1 aliphatic heterocycles. The van der Waals surface area contributed by atoms with Crippen molar-refractivity contribution >= 4 is 17.4 Å². The van der Waals surface area contributed by atoms with Gasteiger partial charge < -0.3 is 16.0 Å². The van der Waals surface area contributed by atoms with Crippen LogP contribution in [0.25, 0.3) is 0 Å². The minimum absolute atomic E-state index is 0.0480. The van der Waals surface area contributed by atoms with Gasteiger partial charge in [0.05, 0.1) is 0 Å². The lowest BCUT2D eigenvalue weighted by Crippen LogP contribution is -2.54. The highest BCUT2D eigenvalue weighted by Gasteiger charge is 2.25. The van der Waals surface area contributed by atoms with Crippen LogP contribution in [0.1, 0.15) is 13.8 Å². The van der Waals surface area contributed by atoms with Gasteiger partial charge in [-0.05, 0) is 31.7 Å². The standard InChI is InChI=1S/C14H22N4O/c1-3-17-7-8-18(10-11(17)2)14(19)16-13-6-4-5-12(15)9-13/h4-6,9,11H,3,7-8,10,15H2,1-2H3,(H,16,19). The first kappa shape index (κ1) is 13.7. The summed E-state index contributed by atoms with van der Waals surface area (Å²) in [5.74, 6) is 0. The van der Waals surface area contributed by atoms with Gasteiger partial charge in [0.2, 0.25) is 0 Å². The number of piperazine rings is 1. The molecule has 1 atom stereocenters. The molecule has 5 heteroatoms. The highest BCUT2D eigenvalue weighted by molar-refractivity contribution is 5.89. The zero-order valence-electron chi connectivity index (χ0n) is 11.6. The minimum Gasteiger partial charge on any atom is -0.399 e. The van der Waals surface area contributed by atoms with Gasteiger partial charge >= 0.3 is 6.03 Å². The summed E-state index contributed by atoms with van der Waals surface area (Å²) in [6.45, 7) is 7.81. The fourth-order valence-corrected chi connectivity index (χ4v) is 2.47. The third-order valence-corrected chi connectivity index (χ3v) is 3.60. The van der Waals surface area contributed by atoms with E-state index in [4.69, 9.17) is 5.73 Å². The fraction of sp³-hybridized carbons (Fsp3) is 0.500. The number of urea groups is 1. The van der Waals surface area contributed by atoms with Crippen molar-refractivity contribution in [1.82, 2.24) is 9.80 Å². The number of carbonyl (C=O) groups is 1. The third-order valence-electron chi connectivity index (χ3n) is 3.60. The molecular formula is C14H22N4O. The monoisotopic (exact) mass is 262 g/mol.